The highest BCUT2D eigenvalue weighted by Gasteiger charge is 2.13. The van der Waals surface area contributed by atoms with Crippen LogP contribution in [0.25, 0.3) is 6.08 Å². The van der Waals surface area contributed by atoms with Crippen LogP contribution in [-0.2, 0) is 11.4 Å². The van der Waals surface area contributed by atoms with Gasteiger partial charge in [-0.2, -0.15) is 5.26 Å². The number of aromatic carboxylic acids is 1. The Balaban J connectivity index is 1.82. The van der Waals surface area contributed by atoms with Gasteiger partial charge in [0, 0.05) is 11.1 Å². The van der Waals surface area contributed by atoms with E-state index >= 15 is 0 Å². The van der Waals surface area contributed by atoms with E-state index in [0.717, 1.165) is 5.56 Å². The molecule has 0 aliphatic rings. The minimum Gasteiger partial charge on any atom is -0.545 e. The topological polar surface area (TPSA) is 102 Å². The minimum atomic E-state index is -1.42. The van der Waals surface area contributed by atoms with Crippen LogP contribution >= 0.6 is 0 Å². The zero-order valence-corrected chi connectivity index (χ0v) is 15.9. The van der Waals surface area contributed by atoms with E-state index < -0.39 is 11.9 Å². The largest absolute Gasteiger partial charge is 0.545 e. The normalized spacial score (nSPS) is 10.7. The predicted molar refractivity (Wildman–Crippen MR) is 110 cm³/mol. The van der Waals surface area contributed by atoms with Crippen molar-refractivity contribution in [3.8, 4) is 11.8 Å². The van der Waals surface area contributed by atoms with E-state index in [0.29, 0.717) is 17.9 Å². The van der Waals surface area contributed by atoms with Gasteiger partial charge in [-0.1, -0.05) is 66.7 Å². The number of benzene rings is 3. The SMILES string of the molecule is N#C/C(=C\c1ccccc1OCc1ccccc1)C(=O)Nc1ccccc1C(=O)[O-]. The number of carbonyl (C=O) groups is 2. The number of hydrogen-bond donors (Lipinski definition) is 1. The van der Waals surface area contributed by atoms with Crippen molar-refractivity contribution in [2.24, 2.45) is 0 Å². The number of carboxylic acids is 1. The molecule has 0 unspecified atom stereocenters. The summed E-state index contributed by atoms with van der Waals surface area (Å²) >= 11 is 0. The average molecular weight is 397 g/mol. The third kappa shape index (κ3) is 5.12. The van der Waals surface area contributed by atoms with Crippen LogP contribution in [0.15, 0.2) is 84.4 Å². The van der Waals surface area contributed by atoms with Gasteiger partial charge >= 0.3 is 0 Å². The number of para-hydroxylation sites is 2. The highest BCUT2D eigenvalue weighted by atomic mass is 16.5. The van der Waals surface area contributed by atoms with Crippen LogP contribution in [0.3, 0.4) is 0 Å². The van der Waals surface area contributed by atoms with E-state index in [1.807, 2.05) is 36.4 Å². The lowest BCUT2D eigenvalue weighted by Crippen LogP contribution is -2.25. The van der Waals surface area contributed by atoms with Gasteiger partial charge in [0.05, 0.1) is 11.7 Å². The Bertz CT molecular complexity index is 1130. The molecule has 0 aliphatic heterocycles. The van der Waals surface area contributed by atoms with E-state index in [2.05, 4.69) is 5.32 Å². The Morgan fingerprint density at radius 2 is 1.63 bits per heavy atom. The van der Waals surface area contributed by atoms with Gasteiger partial charge in [0.25, 0.3) is 5.91 Å². The highest BCUT2D eigenvalue weighted by Crippen LogP contribution is 2.23. The molecule has 0 saturated carbocycles. The van der Waals surface area contributed by atoms with Crippen molar-refractivity contribution < 1.29 is 19.4 Å². The second-order valence-corrected chi connectivity index (χ2v) is 6.27. The van der Waals surface area contributed by atoms with Gasteiger partial charge in [-0.15, -0.1) is 0 Å². The molecule has 0 radical (unpaired) electrons. The van der Waals surface area contributed by atoms with Crippen LogP contribution in [0.5, 0.6) is 5.75 Å². The van der Waals surface area contributed by atoms with Crippen molar-refractivity contribution in [2.45, 2.75) is 6.61 Å². The third-order valence-electron chi connectivity index (χ3n) is 4.22. The van der Waals surface area contributed by atoms with Crippen molar-refractivity contribution in [1.29, 1.82) is 5.26 Å². The molecule has 3 aromatic rings. The second-order valence-electron chi connectivity index (χ2n) is 6.27. The second kappa shape index (κ2) is 9.71. The molecular formula is C24H17N2O4-. The number of nitriles is 1. The minimum absolute atomic E-state index is 0.0530. The van der Waals surface area contributed by atoms with Gasteiger partial charge in [-0.3, -0.25) is 4.79 Å². The summed E-state index contributed by atoms with van der Waals surface area (Å²) in [6.45, 7) is 0.332. The summed E-state index contributed by atoms with van der Waals surface area (Å²) in [7, 11) is 0. The Morgan fingerprint density at radius 1 is 0.967 bits per heavy atom. The molecule has 0 aliphatic carbocycles. The zero-order chi connectivity index (χ0) is 21.3. The standard InChI is InChI=1S/C24H18N2O4/c25-15-19(23(27)26-21-12-6-5-11-20(21)24(28)29)14-18-10-4-7-13-22(18)30-16-17-8-2-1-3-9-17/h1-14H,16H2,(H,26,27)(H,28,29)/p-1/b19-14+. The van der Waals surface area contributed by atoms with E-state index in [9.17, 15) is 20.0 Å². The molecular weight excluding hydrogens is 380 g/mol. The number of anilines is 1. The first-order chi connectivity index (χ1) is 14.6. The Morgan fingerprint density at radius 3 is 2.37 bits per heavy atom. The molecule has 148 valence electrons. The first kappa shape index (κ1) is 20.4. The Kier molecular flexibility index (Phi) is 6.59. The lowest BCUT2D eigenvalue weighted by Gasteiger charge is -2.12. The molecule has 0 atom stereocenters. The van der Waals surface area contributed by atoms with Crippen LogP contribution in [0.1, 0.15) is 21.5 Å². The molecule has 30 heavy (non-hydrogen) atoms. The highest BCUT2D eigenvalue weighted by molar-refractivity contribution is 6.11. The molecule has 6 heteroatoms. The van der Waals surface area contributed by atoms with Gasteiger partial charge in [0.15, 0.2) is 0 Å². The summed E-state index contributed by atoms with van der Waals surface area (Å²) in [5.74, 6) is -1.64. The van der Waals surface area contributed by atoms with E-state index in [1.165, 1.54) is 24.3 Å². The molecule has 0 heterocycles. The fourth-order valence-electron chi connectivity index (χ4n) is 2.73. The maximum atomic E-state index is 12.6. The van der Waals surface area contributed by atoms with Crippen molar-refractivity contribution in [3.63, 3.8) is 0 Å². The number of carboxylic acid groups (broad SMARTS) is 1. The number of nitrogens with zero attached hydrogens (tertiary/aromatic N) is 1. The smallest absolute Gasteiger partial charge is 0.266 e. The quantitative estimate of drug-likeness (QED) is 0.487. The third-order valence-corrected chi connectivity index (χ3v) is 4.22. The molecule has 0 aromatic heterocycles. The van der Waals surface area contributed by atoms with Crippen molar-refractivity contribution in [1.82, 2.24) is 0 Å². The van der Waals surface area contributed by atoms with E-state index in [1.54, 1.807) is 30.3 Å². The number of nitrogens with one attached hydrogen (secondary N) is 1. The van der Waals surface area contributed by atoms with Gasteiger partial charge in [0.2, 0.25) is 0 Å². The molecule has 0 fully saturated rings. The van der Waals surface area contributed by atoms with E-state index in [4.69, 9.17) is 4.74 Å². The first-order valence-corrected chi connectivity index (χ1v) is 9.08. The van der Waals surface area contributed by atoms with Crippen molar-refractivity contribution in [3.05, 3.63) is 101 Å². The fraction of sp³-hybridized carbons (Fsp3) is 0.0417. The first-order valence-electron chi connectivity index (χ1n) is 9.08. The summed E-state index contributed by atoms with van der Waals surface area (Å²) < 4.78 is 5.85. The Labute approximate surface area is 173 Å². The number of hydrogen-bond acceptors (Lipinski definition) is 5. The van der Waals surface area contributed by atoms with Gasteiger partial charge < -0.3 is 20.0 Å². The van der Waals surface area contributed by atoms with Gasteiger partial charge in [-0.05, 0) is 23.8 Å². The van der Waals surface area contributed by atoms with Gasteiger partial charge in [0.1, 0.15) is 24.0 Å². The summed E-state index contributed by atoms with van der Waals surface area (Å²) in [5, 5.41) is 23.1. The maximum absolute atomic E-state index is 12.6. The van der Waals surface area contributed by atoms with Crippen LogP contribution in [0.4, 0.5) is 5.69 Å². The lowest BCUT2D eigenvalue weighted by molar-refractivity contribution is -0.254. The number of rotatable bonds is 7. The Hall–Kier alpha value is -4.37. The average Bonchev–Trinajstić information content (AvgIpc) is 2.77. The summed E-state index contributed by atoms with van der Waals surface area (Å²) in [6, 6.07) is 24.3. The summed E-state index contributed by atoms with van der Waals surface area (Å²) in [4.78, 5) is 23.8. The van der Waals surface area contributed by atoms with Crippen molar-refractivity contribution >= 4 is 23.6 Å². The van der Waals surface area contributed by atoms with Gasteiger partial charge in [-0.25, -0.2) is 0 Å². The fourth-order valence-corrected chi connectivity index (χ4v) is 2.73. The van der Waals surface area contributed by atoms with Crippen LogP contribution in [0, 0.1) is 11.3 Å². The molecule has 1 N–H and O–H groups in total. The van der Waals surface area contributed by atoms with Crippen molar-refractivity contribution in [2.75, 3.05) is 5.32 Å². The predicted octanol–water partition coefficient (Wildman–Crippen LogP) is 3.17. The molecule has 0 bridgehead atoms. The van der Waals surface area contributed by atoms with Crippen LogP contribution < -0.4 is 15.2 Å². The monoisotopic (exact) mass is 397 g/mol. The van der Waals surface area contributed by atoms with Crippen LogP contribution in [0.2, 0.25) is 0 Å². The molecule has 1 amide bonds. The number of carbonyl (C=O) groups excluding carboxylic acids is 2. The number of amides is 1. The molecule has 3 aromatic carbocycles. The molecule has 0 saturated heterocycles. The van der Waals surface area contributed by atoms with Crippen LogP contribution in [-0.4, -0.2) is 11.9 Å². The molecule has 3 rings (SSSR count). The summed E-state index contributed by atoms with van der Waals surface area (Å²) in [5.41, 5.74) is 1.22. The summed E-state index contributed by atoms with van der Waals surface area (Å²) in [6.07, 6.45) is 1.40. The lowest BCUT2D eigenvalue weighted by atomic mass is 10.1. The molecule has 6 nitrogen and oxygen atoms in total. The molecule has 0 spiro atoms. The maximum Gasteiger partial charge on any atom is 0.266 e. The number of ether oxygens (including phenoxy) is 1. The van der Waals surface area contributed by atoms with E-state index in [-0.39, 0.29) is 16.8 Å². The zero-order valence-electron chi connectivity index (χ0n) is 15.9.